The predicted molar refractivity (Wildman–Crippen MR) is 65.4 cm³/mol. The van der Waals surface area contributed by atoms with Crippen molar-refractivity contribution >= 4 is 11.6 Å². The zero-order chi connectivity index (χ0) is 12.0. The Kier molecular flexibility index (Phi) is 4.73. The van der Waals surface area contributed by atoms with Crippen molar-refractivity contribution < 1.29 is 9.53 Å². The molecule has 0 fully saturated rings. The first-order chi connectivity index (χ1) is 7.58. The molecule has 0 unspecified atom stereocenters. The average Bonchev–Trinajstić information content (AvgIpc) is 2.16. The summed E-state index contributed by atoms with van der Waals surface area (Å²) in [6.07, 6.45) is 0. The number of amides is 1. The van der Waals surface area contributed by atoms with Crippen molar-refractivity contribution in [1.82, 2.24) is 0 Å². The number of aryl methyl sites for hydroxylation is 1. The minimum Gasteiger partial charge on any atom is -0.367 e. The SMILES string of the molecule is C=C(C)COCC(=O)Nc1cccc(C)c1. The van der Waals surface area contributed by atoms with E-state index in [1.165, 1.54) is 0 Å². The van der Waals surface area contributed by atoms with E-state index in [2.05, 4.69) is 11.9 Å². The summed E-state index contributed by atoms with van der Waals surface area (Å²) in [5.41, 5.74) is 2.81. The molecule has 1 aromatic rings. The molecule has 0 heterocycles. The van der Waals surface area contributed by atoms with Gasteiger partial charge >= 0.3 is 0 Å². The average molecular weight is 219 g/mol. The van der Waals surface area contributed by atoms with Crippen LogP contribution in [0, 0.1) is 6.92 Å². The first-order valence-corrected chi connectivity index (χ1v) is 5.16. The summed E-state index contributed by atoms with van der Waals surface area (Å²) in [5, 5.41) is 2.76. The third-order valence-corrected chi connectivity index (χ3v) is 1.88. The second-order valence-corrected chi connectivity index (χ2v) is 3.87. The Morgan fingerprint density at radius 3 is 2.81 bits per heavy atom. The quantitative estimate of drug-likeness (QED) is 0.773. The van der Waals surface area contributed by atoms with Gasteiger partial charge in [-0.25, -0.2) is 0 Å². The van der Waals surface area contributed by atoms with Crippen molar-refractivity contribution in [2.45, 2.75) is 13.8 Å². The summed E-state index contributed by atoms with van der Waals surface area (Å²) in [7, 11) is 0. The van der Waals surface area contributed by atoms with E-state index < -0.39 is 0 Å². The van der Waals surface area contributed by atoms with Gasteiger partial charge in [-0.15, -0.1) is 0 Å². The molecule has 0 atom stereocenters. The van der Waals surface area contributed by atoms with Crippen molar-refractivity contribution in [3.8, 4) is 0 Å². The molecule has 1 rings (SSSR count). The number of hydrogen-bond donors (Lipinski definition) is 1. The molecule has 0 bridgehead atoms. The fourth-order valence-corrected chi connectivity index (χ4v) is 1.24. The fraction of sp³-hybridized carbons (Fsp3) is 0.308. The molecule has 0 spiro atoms. The second-order valence-electron chi connectivity index (χ2n) is 3.87. The van der Waals surface area contributed by atoms with E-state index in [0.29, 0.717) is 6.61 Å². The zero-order valence-electron chi connectivity index (χ0n) is 9.75. The van der Waals surface area contributed by atoms with E-state index in [9.17, 15) is 4.79 Å². The maximum absolute atomic E-state index is 11.4. The normalized spacial score (nSPS) is 9.88. The third-order valence-electron chi connectivity index (χ3n) is 1.88. The van der Waals surface area contributed by atoms with Gasteiger partial charge in [-0.1, -0.05) is 24.3 Å². The first-order valence-electron chi connectivity index (χ1n) is 5.16. The van der Waals surface area contributed by atoms with Crippen LogP contribution in [0.1, 0.15) is 12.5 Å². The van der Waals surface area contributed by atoms with Crippen molar-refractivity contribution in [3.05, 3.63) is 42.0 Å². The molecule has 86 valence electrons. The van der Waals surface area contributed by atoms with Gasteiger partial charge in [0.15, 0.2) is 0 Å². The van der Waals surface area contributed by atoms with Crippen LogP contribution in [0.25, 0.3) is 0 Å². The van der Waals surface area contributed by atoms with E-state index >= 15 is 0 Å². The summed E-state index contributed by atoms with van der Waals surface area (Å²) >= 11 is 0. The maximum Gasteiger partial charge on any atom is 0.250 e. The lowest BCUT2D eigenvalue weighted by atomic mass is 10.2. The Hall–Kier alpha value is -1.61. The maximum atomic E-state index is 11.4. The van der Waals surface area contributed by atoms with Crippen molar-refractivity contribution in [3.63, 3.8) is 0 Å². The molecular formula is C13H17NO2. The van der Waals surface area contributed by atoms with E-state index in [4.69, 9.17) is 4.74 Å². The van der Waals surface area contributed by atoms with Crippen molar-refractivity contribution in [2.75, 3.05) is 18.5 Å². The Morgan fingerprint density at radius 1 is 1.44 bits per heavy atom. The Balaban J connectivity index is 2.37. The zero-order valence-corrected chi connectivity index (χ0v) is 9.75. The lowest BCUT2D eigenvalue weighted by Gasteiger charge is -2.06. The minimum absolute atomic E-state index is 0.0564. The molecule has 0 aromatic heterocycles. The van der Waals surface area contributed by atoms with E-state index in [-0.39, 0.29) is 12.5 Å². The highest BCUT2D eigenvalue weighted by atomic mass is 16.5. The molecule has 0 aliphatic rings. The van der Waals surface area contributed by atoms with Gasteiger partial charge in [-0.2, -0.15) is 0 Å². The topological polar surface area (TPSA) is 38.3 Å². The van der Waals surface area contributed by atoms with Crippen LogP contribution in [-0.4, -0.2) is 19.1 Å². The number of nitrogens with one attached hydrogen (secondary N) is 1. The molecule has 1 aromatic carbocycles. The number of carbonyl (C=O) groups excluding carboxylic acids is 1. The van der Waals surface area contributed by atoms with Crippen LogP contribution in [0.4, 0.5) is 5.69 Å². The Morgan fingerprint density at radius 2 is 2.19 bits per heavy atom. The van der Waals surface area contributed by atoms with Gasteiger partial charge in [0.05, 0.1) is 6.61 Å². The van der Waals surface area contributed by atoms with Gasteiger partial charge in [-0.05, 0) is 31.5 Å². The molecule has 1 amide bonds. The molecule has 0 aliphatic heterocycles. The van der Waals surface area contributed by atoms with Gasteiger partial charge in [0.1, 0.15) is 6.61 Å². The van der Waals surface area contributed by atoms with Gasteiger partial charge in [0.2, 0.25) is 5.91 Å². The minimum atomic E-state index is -0.146. The smallest absolute Gasteiger partial charge is 0.250 e. The Bertz CT molecular complexity index is 385. The van der Waals surface area contributed by atoms with Crippen LogP contribution in [0.15, 0.2) is 36.4 Å². The molecule has 3 heteroatoms. The standard InChI is InChI=1S/C13H17NO2/c1-10(2)8-16-9-13(15)14-12-6-4-5-11(3)7-12/h4-7H,1,8-9H2,2-3H3,(H,14,15). The largest absolute Gasteiger partial charge is 0.367 e. The van der Waals surface area contributed by atoms with E-state index in [1.54, 1.807) is 0 Å². The van der Waals surface area contributed by atoms with Crippen molar-refractivity contribution in [1.29, 1.82) is 0 Å². The molecule has 0 aliphatic carbocycles. The molecule has 0 radical (unpaired) electrons. The first kappa shape index (κ1) is 12.5. The van der Waals surface area contributed by atoms with Crippen LogP contribution in [0.2, 0.25) is 0 Å². The molecular weight excluding hydrogens is 202 g/mol. The number of carbonyl (C=O) groups is 1. The number of anilines is 1. The summed E-state index contributed by atoms with van der Waals surface area (Å²) in [5.74, 6) is -0.146. The van der Waals surface area contributed by atoms with Crippen LogP contribution in [0.3, 0.4) is 0 Å². The highest BCUT2D eigenvalue weighted by Crippen LogP contribution is 2.09. The van der Waals surface area contributed by atoms with Gasteiger partial charge in [0.25, 0.3) is 0 Å². The molecule has 3 nitrogen and oxygen atoms in total. The van der Waals surface area contributed by atoms with Crippen LogP contribution >= 0.6 is 0 Å². The monoisotopic (exact) mass is 219 g/mol. The summed E-state index contributed by atoms with van der Waals surface area (Å²) in [4.78, 5) is 11.4. The number of benzene rings is 1. The summed E-state index contributed by atoms with van der Waals surface area (Å²) in [6, 6.07) is 7.65. The van der Waals surface area contributed by atoms with Crippen LogP contribution < -0.4 is 5.32 Å². The fourth-order valence-electron chi connectivity index (χ4n) is 1.24. The predicted octanol–water partition coefficient (Wildman–Crippen LogP) is 2.53. The third kappa shape index (κ3) is 4.75. The highest BCUT2D eigenvalue weighted by molar-refractivity contribution is 5.91. The second kappa shape index (κ2) is 6.08. The Labute approximate surface area is 96.1 Å². The summed E-state index contributed by atoms with van der Waals surface area (Å²) < 4.78 is 5.15. The molecule has 16 heavy (non-hydrogen) atoms. The van der Waals surface area contributed by atoms with Gasteiger partial charge in [-0.3, -0.25) is 4.79 Å². The number of ether oxygens (including phenoxy) is 1. The lowest BCUT2D eigenvalue weighted by molar-refractivity contribution is -0.120. The summed E-state index contributed by atoms with van der Waals surface area (Å²) in [6.45, 7) is 8.00. The van der Waals surface area contributed by atoms with Gasteiger partial charge < -0.3 is 10.1 Å². The van der Waals surface area contributed by atoms with E-state index in [0.717, 1.165) is 16.8 Å². The lowest BCUT2D eigenvalue weighted by Crippen LogP contribution is -2.18. The number of hydrogen-bond acceptors (Lipinski definition) is 2. The van der Waals surface area contributed by atoms with Gasteiger partial charge in [0, 0.05) is 5.69 Å². The highest BCUT2D eigenvalue weighted by Gasteiger charge is 2.02. The number of rotatable bonds is 5. The molecule has 0 saturated carbocycles. The van der Waals surface area contributed by atoms with Crippen LogP contribution in [-0.2, 0) is 9.53 Å². The molecule has 1 N–H and O–H groups in total. The van der Waals surface area contributed by atoms with Crippen LogP contribution in [0.5, 0.6) is 0 Å². The molecule has 0 saturated heterocycles. The van der Waals surface area contributed by atoms with E-state index in [1.807, 2.05) is 38.1 Å². The van der Waals surface area contributed by atoms with Crippen molar-refractivity contribution in [2.24, 2.45) is 0 Å².